The van der Waals surface area contributed by atoms with Gasteiger partial charge in [-0.3, -0.25) is 4.79 Å². The SMILES string of the molecule is CC(=O)Nc1ccc(-c2csc(Nc3ccc(Cl)cn3)n2)c(C)c1. The van der Waals surface area contributed by atoms with E-state index in [1.54, 1.807) is 18.3 Å². The third-order valence-electron chi connectivity index (χ3n) is 3.29. The fourth-order valence-electron chi connectivity index (χ4n) is 2.25. The van der Waals surface area contributed by atoms with Gasteiger partial charge in [0.2, 0.25) is 5.91 Å². The minimum Gasteiger partial charge on any atom is -0.326 e. The largest absolute Gasteiger partial charge is 0.326 e. The first-order valence-electron chi connectivity index (χ1n) is 7.24. The van der Waals surface area contributed by atoms with E-state index in [4.69, 9.17) is 11.6 Å². The molecule has 0 saturated heterocycles. The van der Waals surface area contributed by atoms with Gasteiger partial charge in [-0.2, -0.15) is 0 Å². The van der Waals surface area contributed by atoms with Crippen molar-refractivity contribution in [2.24, 2.45) is 0 Å². The monoisotopic (exact) mass is 358 g/mol. The van der Waals surface area contributed by atoms with Crippen molar-refractivity contribution in [1.29, 1.82) is 0 Å². The Morgan fingerprint density at radius 1 is 1.25 bits per heavy atom. The Morgan fingerprint density at radius 3 is 2.75 bits per heavy atom. The summed E-state index contributed by atoms with van der Waals surface area (Å²) >= 11 is 7.33. The van der Waals surface area contributed by atoms with Crippen molar-refractivity contribution in [2.75, 3.05) is 10.6 Å². The van der Waals surface area contributed by atoms with Crippen LogP contribution >= 0.6 is 22.9 Å². The smallest absolute Gasteiger partial charge is 0.221 e. The zero-order chi connectivity index (χ0) is 17.1. The van der Waals surface area contributed by atoms with Crippen LogP contribution in [-0.2, 0) is 4.79 Å². The second kappa shape index (κ2) is 6.98. The Morgan fingerprint density at radius 2 is 2.08 bits per heavy atom. The number of nitrogens with zero attached hydrogens (tertiary/aromatic N) is 2. The molecule has 2 heterocycles. The summed E-state index contributed by atoms with van der Waals surface area (Å²) in [5.74, 6) is 0.607. The number of aromatic nitrogens is 2. The van der Waals surface area contributed by atoms with Crippen LogP contribution in [0.2, 0.25) is 5.02 Å². The molecule has 0 fully saturated rings. The molecule has 0 saturated carbocycles. The van der Waals surface area contributed by atoms with Gasteiger partial charge in [0.1, 0.15) is 5.82 Å². The summed E-state index contributed by atoms with van der Waals surface area (Å²) in [6.07, 6.45) is 1.59. The lowest BCUT2D eigenvalue weighted by atomic mass is 10.1. The molecule has 5 nitrogen and oxygen atoms in total. The molecular formula is C17H15ClN4OS. The van der Waals surface area contributed by atoms with Gasteiger partial charge in [0, 0.05) is 29.8 Å². The first-order valence-corrected chi connectivity index (χ1v) is 8.50. The molecule has 0 aliphatic rings. The summed E-state index contributed by atoms with van der Waals surface area (Å²) in [4.78, 5) is 19.9. The van der Waals surface area contributed by atoms with Gasteiger partial charge in [-0.25, -0.2) is 9.97 Å². The Labute approximate surface area is 148 Å². The van der Waals surface area contributed by atoms with Crippen LogP contribution in [-0.4, -0.2) is 15.9 Å². The highest BCUT2D eigenvalue weighted by molar-refractivity contribution is 7.14. The molecule has 3 rings (SSSR count). The molecule has 2 N–H and O–H groups in total. The average Bonchev–Trinajstić information content (AvgIpc) is 2.97. The van der Waals surface area contributed by atoms with E-state index < -0.39 is 0 Å². The van der Waals surface area contributed by atoms with Gasteiger partial charge in [-0.05, 0) is 36.8 Å². The molecule has 0 radical (unpaired) electrons. The van der Waals surface area contributed by atoms with Crippen LogP contribution in [0.3, 0.4) is 0 Å². The number of halogens is 1. The maximum Gasteiger partial charge on any atom is 0.221 e. The standard InChI is InChI=1S/C17H15ClN4OS/c1-10-7-13(20-11(2)23)4-5-14(10)15-9-24-17(21-15)22-16-6-3-12(18)8-19-16/h3-9H,1-2H3,(H,20,23)(H,19,21,22). The van der Waals surface area contributed by atoms with Crippen LogP contribution in [0.25, 0.3) is 11.3 Å². The highest BCUT2D eigenvalue weighted by Gasteiger charge is 2.09. The fourth-order valence-corrected chi connectivity index (χ4v) is 3.08. The molecule has 1 amide bonds. The van der Waals surface area contributed by atoms with E-state index >= 15 is 0 Å². The van der Waals surface area contributed by atoms with E-state index in [9.17, 15) is 4.79 Å². The van der Waals surface area contributed by atoms with Crippen molar-refractivity contribution in [3.05, 3.63) is 52.5 Å². The minimum atomic E-state index is -0.0854. The Bertz CT molecular complexity index is 877. The number of carbonyl (C=O) groups excluding carboxylic acids is 1. The first-order chi connectivity index (χ1) is 11.5. The molecular weight excluding hydrogens is 344 g/mol. The Kier molecular flexibility index (Phi) is 4.78. The molecule has 0 spiro atoms. The lowest BCUT2D eigenvalue weighted by Gasteiger charge is -2.07. The molecule has 0 aliphatic carbocycles. The number of benzene rings is 1. The average molecular weight is 359 g/mol. The number of pyridine rings is 1. The van der Waals surface area contributed by atoms with Crippen molar-refractivity contribution in [2.45, 2.75) is 13.8 Å². The number of nitrogens with one attached hydrogen (secondary N) is 2. The van der Waals surface area contributed by atoms with Gasteiger partial charge in [0.15, 0.2) is 5.13 Å². The van der Waals surface area contributed by atoms with E-state index in [0.29, 0.717) is 10.8 Å². The van der Waals surface area contributed by atoms with Gasteiger partial charge in [0.05, 0.1) is 10.7 Å². The molecule has 1 aromatic carbocycles. The number of aryl methyl sites for hydroxylation is 1. The van der Waals surface area contributed by atoms with Crippen molar-refractivity contribution >= 4 is 45.5 Å². The second-order valence-corrected chi connectivity index (χ2v) is 6.53. The summed E-state index contributed by atoms with van der Waals surface area (Å²) in [5, 5.41) is 9.27. The molecule has 2 aromatic heterocycles. The van der Waals surface area contributed by atoms with Gasteiger partial charge >= 0.3 is 0 Å². The number of carbonyl (C=O) groups is 1. The Balaban J connectivity index is 1.80. The van der Waals surface area contributed by atoms with E-state index in [-0.39, 0.29) is 5.91 Å². The van der Waals surface area contributed by atoms with Crippen molar-refractivity contribution in [3.8, 4) is 11.3 Å². The molecule has 0 aliphatic heterocycles. The molecule has 0 atom stereocenters. The van der Waals surface area contributed by atoms with E-state index in [1.807, 2.05) is 30.5 Å². The first kappa shape index (κ1) is 16.4. The molecule has 122 valence electrons. The maximum atomic E-state index is 11.1. The third-order valence-corrected chi connectivity index (χ3v) is 4.27. The zero-order valence-electron chi connectivity index (χ0n) is 13.1. The number of amides is 1. The number of rotatable bonds is 4. The van der Waals surface area contributed by atoms with Crippen LogP contribution in [0.4, 0.5) is 16.6 Å². The number of thiazole rings is 1. The van der Waals surface area contributed by atoms with Gasteiger partial charge in [-0.1, -0.05) is 17.7 Å². The van der Waals surface area contributed by atoms with Crippen LogP contribution in [0.15, 0.2) is 41.9 Å². The van der Waals surface area contributed by atoms with Crippen LogP contribution in [0.1, 0.15) is 12.5 Å². The predicted octanol–water partition coefficient (Wildman–Crippen LogP) is 4.87. The second-order valence-electron chi connectivity index (χ2n) is 5.24. The molecule has 24 heavy (non-hydrogen) atoms. The van der Waals surface area contributed by atoms with Gasteiger partial charge in [-0.15, -0.1) is 11.3 Å². The van der Waals surface area contributed by atoms with Crippen molar-refractivity contribution < 1.29 is 4.79 Å². The lowest BCUT2D eigenvalue weighted by Crippen LogP contribution is -2.05. The van der Waals surface area contributed by atoms with Crippen molar-refractivity contribution in [1.82, 2.24) is 9.97 Å². The summed E-state index contributed by atoms with van der Waals surface area (Å²) < 4.78 is 0. The van der Waals surface area contributed by atoms with Gasteiger partial charge < -0.3 is 10.6 Å². The molecule has 0 bridgehead atoms. The summed E-state index contributed by atoms with van der Waals surface area (Å²) in [7, 11) is 0. The minimum absolute atomic E-state index is 0.0854. The molecule has 0 unspecified atom stereocenters. The number of anilines is 3. The van der Waals surface area contributed by atoms with Gasteiger partial charge in [0.25, 0.3) is 0 Å². The van der Waals surface area contributed by atoms with E-state index in [0.717, 1.165) is 27.6 Å². The Hall–Kier alpha value is -2.44. The summed E-state index contributed by atoms with van der Waals surface area (Å²) in [6.45, 7) is 3.49. The van der Waals surface area contributed by atoms with E-state index in [2.05, 4.69) is 20.6 Å². The summed E-state index contributed by atoms with van der Waals surface area (Å²) in [5.41, 5.74) is 3.73. The maximum absolute atomic E-state index is 11.1. The molecule has 3 aromatic rings. The van der Waals surface area contributed by atoms with E-state index in [1.165, 1.54) is 18.3 Å². The normalized spacial score (nSPS) is 10.5. The highest BCUT2D eigenvalue weighted by Crippen LogP contribution is 2.30. The topological polar surface area (TPSA) is 66.9 Å². The van der Waals surface area contributed by atoms with Crippen molar-refractivity contribution in [3.63, 3.8) is 0 Å². The predicted molar refractivity (Wildman–Crippen MR) is 99.1 cm³/mol. The quantitative estimate of drug-likeness (QED) is 0.698. The van der Waals surface area contributed by atoms with Crippen LogP contribution in [0.5, 0.6) is 0 Å². The lowest BCUT2D eigenvalue weighted by molar-refractivity contribution is -0.114. The fraction of sp³-hybridized carbons (Fsp3) is 0.118. The summed E-state index contributed by atoms with van der Waals surface area (Å²) in [6, 6.07) is 9.34. The van der Waals surface area contributed by atoms with Crippen LogP contribution < -0.4 is 10.6 Å². The van der Waals surface area contributed by atoms with Crippen LogP contribution in [0, 0.1) is 6.92 Å². The number of hydrogen-bond acceptors (Lipinski definition) is 5. The zero-order valence-corrected chi connectivity index (χ0v) is 14.7. The molecule has 7 heteroatoms. The third kappa shape index (κ3) is 3.90. The highest BCUT2D eigenvalue weighted by atomic mass is 35.5. The number of hydrogen-bond donors (Lipinski definition) is 2.